The number of nitrogens with one attached hydrogen (secondary N) is 2. The Morgan fingerprint density at radius 1 is 1.00 bits per heavy atom. The average Bonchev–Trinajstić information content (AvgIpc) is 3.27. The van der Waals surface area contributed by atoms with E-state index in [1.165, 1.54) is 18.6 Å². The van der Waals surface area contributed by atoms with Crippen molar-refractivity contribution in [2.24, 2.45) is 0 Å². The van der Waals surface area contributed by atoms with E-state index in [1.807, 2.05) is 35.4 Å². The number of aromatic amines is 1. The minimum Gasteiger partial charge on any atom is -0.368 e. The van der Waals surface area contributed by atoms with Crippen LogP contribution in [-0.2, 0) is 21.2 Å². The predicted octanol–water partition coefficient (Wildman–Crippen LogP) is 2.65. The van der Waals surface area contributed by atoms with Crippen LogP contribution >= 0.6 is 0 Å². The number of carbonyl (C=O) groups is 1. The predicted molar refractivity (Wildman–Crippen MR) is 130 cm³/mol. The number of anilines is 2. The Balaban J connectivity index is 1.19. The number of carbonyl (C=O) groups excluding carboxylic acids is 1. The number of amides is 1. The zero-order valence-electron chi connectivity index (χ0n) is 18.4. The molecule has 1 aliphatic heterocycles. The van der Waals surface area contributed by atoms with Crippen molar-refractivity contribution in [2.75, 3.05) is 35.8 Å². The van der Waals surface area contributed by atoms with Crippen molar-refractivity contribution in [2.45, 2.75) is 11.3 Å². The van der Waals surface area contributed by atoms with Crippen LogP contribution in [0.5, 0.6) is 0 Å². The molecule has 1 aliphatic rings. The molecule has 10 heteroatoms. The Bertz CT molecular complexity index is 1400. The molecule has 0 spiro atoms. The third kappa shape index (κ3) is 4.58. The number of piperazine rings is 1. The Morgan fingerprint density at radius 3 is 2.50 bits per heavy atom. The zero-order valence-corrected chi connectivity index (χ0v) is 19.2. The van der Waals surface area contributed by atoms with E-state index in [0.717, 1.165) is 22.2 Å². The lowest BCUT2D eigenvalue weighted by atomic mass is 10.1. The molecule has 174 valence electrons. The van der Waals surface area contributed by atoms with E-state index in [2.05, 4.69) is 24.6 Å². The van der Waals surface area contributed by atoms with Gasteiger partial charge in [0.05, 0.1) is 11.3 Å². The fraction of sp³-hybridized carbons (Fsp3) is 0.208. The number of hydrogen-bond donors (Lipinski definition) is 2. The summed E-state index contributed by atoms with van der Waals surface area (Å²) in [4.78, 5) is 28.0. The second-order valence-corrected chi connectivity index (χ2v) is 9.78. The largest absolute Gasteiger partial charge is 0.368 e. The molecule has 0 aliphatic carbocycles. The Kier molecular flexibility index (Phi) is 5.89. The summed E-state index contributed by atoms with van der Waals surface area (Å²) in [5.41, 5.74) is 2.97. The molecule has 0 saturated carbocycles. The molecule has 0 radical (unpaired) electrons. The Morgan fingerprint density at radius 2 is 1.76 bits per heavy atom. The lowest BCUT2D eigenvalue weighted by Crippen LogP contribution is -2.49. The van der Waals surface area contributed by atoms with Crippen molar-refractivity contribution in [3.63, 3.8) is 0 Å². The van der Waals surface area contributed by atoms with Gasteiger partial charge in [0.25, 0.3) is 10.0 Å². The van der Waals surface area contributed by atoms with Crippen LogP contribution < -0.4 is 9.62 Å². The molecule has 9 nitrogen and oxygen atoms in total. The Hall–Kier alpha value is -3.92. The zero-order chi connectivity index (χ0) is 23.5. The first kappa shape index (κ1) is 21.9. The van der Waals surface area contributed by atoms with Crippen LogP contribution in [0.2, 0.25) is 0 Å². The summed E-state index contributed by atoms with van der Waals surface area (Å²) in [7, 11) is -3.74. The maximum atomic E-state index is 12.9. The molecule has 5 rings (SSSR count). The minimum absolute atomic E-state index is 0.113. The van der Waals surface area contributed by atoms with Crippen LogP contribution in [0.15, 0.2) is 78.2 Å². The molecule has 2 aromatic heterocycles. The van der Waals surface area contributed by atoms with Gasteiger partial charge in [-0.2, -0.15) is 0 Å². The highest BCUT2D eigenvalue weighted by Gasteiger charge is 2.23. The van der Waals surface area contributed by atoms with Crippen LogP contribution in [-0.4, -0.2) is 60.4 Å². The molecule has 1 amide bonds. The number of nitrogens with zero attached hydrogens (tertiary/aromatic N) is 4. The maximum Gasteiger partial charge on any atom is 0.263 e. The standard InChI is InChI=1S/C24H24N6O3S/c31-24(15-18-16-26-22-4-2-1-3-21(18)22)30-13-11-29(12-14-30)19-5-7-20(8-6-19)34(32,33)28-23-9-10-25-17-27-23/h1-10,16-17,26H,11-15H2,(H,25,27,28). The third-order valence-electron chi connectivity index (χ3n) is 5.98. The summed E-state index contributed by atoms with van der Waals surface area (Å²) in [6, 6.07) is 16.2. The first-order valence-corrected chi connectivity index (χ1v) is 12.4. The van der Waals surface area contributed by atoms with Gasteiger partial charge >= 0.3 is 0 Å². The van der Waals surface area contributed by atoms with Crippen LogP contribution in [0.1, 0.15) is 5.56 Å². The highest BCUT2D eigenvalue weighted by Crippen LogP contribution is 2.22. The fourth-order valence-electron chi connectivity index (χ4n) is 4.15. The van der Waals surface area contributed by atoms with Gasteiger partial charge in [-0.15, -0.1) is 0 Å². The van der Waals surface area contributed by atoms with Gasteiger partial charge in [0.1, 0.15) is 12.1 Å². The van der Waals surface area contributed by atoms with Crippen molar-refractivity contribution in [1.82, 2.24) is 19.9 Å². The molecule has 0 unspecified atom stereocenters. The van der Waals surface area contributed by atoms with E-state index in [4.69, 9.17) is 0 Å². The summed E-state index contributed by atoms with van der Waals surface area (Å²) in [6.07, 6.45) is 5.04. The van der Waals surface area contributed by atoms with E-state index in [-0.39, 0.29) is 16.6 Å². The van der Waals surface area contributed by atoms with Crippen molar-refractivity contribution < 1.29 is 13.2 Å². The molecule has 0 atom stereocenters. The molecule has 2 aromatic carbocycles. The van der Waals surface area contributed by atoms with Crippen LogP contribution in [0.25, 0.3) is 10.9 Å². The highest BCUT2D eigenvalue weighted by molar-refractivity contribution is 7.92. The van der Waals surface area contributed by atoms with E-state index in [0.29, 0.717) is 32.6 Å². The summed E-state index contributed by atoms with van der Waals surface area (Å²) in [6.45, 7) is 2.61. The van der Waals surface area contributed by atoms with Gasteiger partial charge < -0.3 is 14.8 Å². The van der Waals surface area contributed by atoms with E-state index >= 15 is 0 Å². The van der Waals surface area contributed by atoms with Crippen molar-refractivity contribution in [3.05, 3.63) is 78.9 Å². The van der Waals surface area contributed by atoms with Crippen LogP contribution in [0.4, 0.5) is 11.5 Å². The number of sulfonamides is 1. The van der Waals surface area contributed by atoms with Gasteiger partial charge in [0, 0.05) is 55.2 Å². The van der Waals surface area contributed by atoms with E-state index in [1.54, 1.807) is 24.3 Å². The van der Waals surface area contributed by atoms with Gasteiger partial charge in [-0.25, -0.2) is 18.4 Å². The maximum absolute atomic E-state index is 12.9. The summed E-state index contributed by atoms with van der Waals surface area (Å²) in [5, 5.41) is 1.08. The summed E-state index contributed by atoms with van der Waals surface area (Å²) in [5.74, 6) is 0.328. The molecular weight excluding hydrogens is 452 g/mol. The smallest absolute Gasteiger partial charge is 0.263 e. The molecule has 3 heterocycles. The first-order chi connectivity index (χ1) is 16.5. The average molecular weight is 477 g/mol. The number of hydrogen-bond acceptors (Lipinski definition) is 6. The highest BCUT2D eigenvalue weighted by atomic mass is 32.2. The van der Waals surface area contributed by atoms with Crippen LogP contribution in [0, 0.1) is 0 Å². The van der Waals surface area contributed by atoms with Gasteiger partial charge in [0.2, 0.25) is 5.91 Å². The number of H-pyrrole nitrogens is 1. The minimum atomic E-state index is -3.74. The monoisotopic (exact) mass is 476 g/mol. The normalized spacial score (nSPS) is 14.4. The molecule has 1 saturated heterocycles. The molecule has 0 bridgehead atoms. The second kappa shape index (κ2) is 9.14. The SMILES string of the molecule is O=C(Cc1c[nH]c2ccccc12)N1CCN(c2ccc(S(=O)(=O)Nc3ccncn3)cc2)CC1. The summed E-state index contributed by atoms with van der Waals surface area (Å²) >= 11 is 0. The quantitative estimate of drug-likeness (QED) is 0.443. The van der Waals surface area contributed by atoms with Gasteiger partial charge in [-0.3, -0.25) is 9.52 Å². The lowest BCUT2D eigenvalue weighted by Gasteiger charge is -2.36. The molecule has 1 fully saturated rings. The second-order valence-electron chi connectivity index (χ2n) is 8.10. The number of aromatic nitrogens is 3. The number of benzene rings is 2. The van der Waals surface area contributed by atoms with Crippen molar-refractivity contribution in [1.29, 1.82) is 0 Å². The fourth-order valence-corrected chi connectivity index (χ4v) is 5.16. The molecule has 4 aromatic rings. The van der Waals surface area contributed by atoms with Gasteiger partial charge in [0.15, 0.2) is 0 Å². The third-order valence-corrected chi connectivity index (χ3v) is 7.35. The first-order valence-electron chi connectivity index (χ1n) is 11.0. The number of rotatable bonds is 6. The molecular formula is C24H24N6O3S. The number of para-hydroxylation sites is 1. The summed E-state index contributed by atoms with van der Waals surface area (Å²) < 4.78 is 27.6. The molecule has 34 heavy (non-hydrogen) atoms. The Labute approximate surface area is 197 Å². The van der Waals surface area contributed by atoms with E-state index in [9.17, 15) is 13.2 Å². The van der Waals surface area contributed by atoms with Crippen molar-refractivity contribution in [3.8, 4) is 0 Å². The molecule has 2 N–H and O–H groups in total. The topological polar surface area (TPSA) is 111 Å². The van der Waals surface area contributed by atoms with Gasteiger partial charge in [-0.1, -0.05) is 18.2 Å². The van der Waals surface area contributed by atoms with Gasteiger partial charge in [-0.05, 0) is 42.0 Å². The lowest BCUT2D eigenvalue weighted by molar-refractivity contribution is -0.130. The van der Waals surface area contributed by atoms with Crippen molar-refractivity contribution >= 4 is 38.3 Å². The van der Waals surface area contributed by atoms with E-state index < -0.39 is 10.0 Å². The number of fused-ring (bicyclic) bond motifs is 1. The van der Waals surface area contributed by atoms with Crippen LogP contribution in [0.3, 0.4) is 0 Å².